The zero-order valence-corrected chi connectivity index (χ0v) is 23.0. The highest BCUT2D eigenvalue weighted by Crippen LogP contribution is 2.47. The van der Waals surface area contributed by atoms with E-state index in [-0.39, 0.29) is 24.3 Å². The number of nitrogens with zero attached hydrogens (tertiary/aromatic N) is 1. The van der Waals surface area contributed by atoms with Gasteiger partial charge in [-0.1, -0.05) is 23.3 Å². The van der Waals surface area contributed by atoms with Crippen LogP contribution in [0.2, 0.25) is 0 Å². The summed E-state index contributed by atoms with van der Waals surface area (Å²) in [5.74, 6) is -0.445. The fourth-order valence-electron chi connectivity index (χ4n) is 5.68. The Balaban J connectivity index is 1.55. The van der Waals surface area contributed by atoms with Crippen LogP contribution in [0.4, 0.5) is 0 Å². The van der Waals surface area contributed by atoms with Crippen LogP contribution in [0.25, 0.3) is 0 Å². The van der Waals surface area contributed by atoms with E-state index < -0.39 is 54.9 Å². The van der Waals surface area contributed by atoms with Gasteiger partial charge in [-0.2, -0.15) is 0 Å². The van der Waals surface area contributed by atoms with Crippen LogP contribution >= 0.6 is 0 Å². The van der Waals surface area contributed by atoms with Crippen molar-refractivity contribution < 1.29 is 44.9 Å². The maximum Gasteiger partial charge on any atom is 0.255 e. The van der Waals surface area contributed by atoms with Crippen LogP contribution < -0.4 is 4.74 Å². The van der Waals surface area contributed by atoms with E-state index in [4.69, 9.17) is 9.47 Å². The predicted molar refractivity (Wildman–Crippen MR) is 142 cm³/mol. The molecule has 4 rings (SSSR count). The van der Waals surface area contributed by atoms with Crippen molar-refractivity contribution in [2.45, 2.75) is 109 Å². The first-order valence-corrected chi connectivity index (χ1v) is 13.5. The molecule has 39 heavy (non-hydrogen) atoms. The number of allylic oxidation sites excluding steroid dienone is 4. The molecule has 0 aliphatic carbocycles. The van der Waals surface area contributed by atoms with Gasteiger partial charge in [-0.05, 0) is 59.4 Å². The lowest BCUT2D eigenvalue weighted by atomic mass is 9.84. The molecule has 10 nitrogen and oxygen atoms in total. The lowest BCUT2D eigenvalue weighted by Crippen LogP contribution is -2.64. The van der Waals surface area contributed by atoms with E-state index in [9.17, 15) is 35.4 Å². The Bertz CT molecular complexity index is 1140. The second-order valence-corrected chi connectivity index (χ2v) is 11.4. The van der Waals surface area contributed by atoms with Crippen LogP contribution in [0.5, 0.6) is 11.5 Å². The molecule has 0 radical (unpaired) electrons. The third-order valence-corrected chi connectivity index (χ3v) is 8.17. The van der Waals surface area contributed by atoms with Crippen LogP contribution in [0.1, 0.15) is 74.9 Å². The standard InChI is InChI=1S/C29H41NO9/c1-15(2)7-5-8-16(3)9-6-10-29(4)22(33)12-18-20(32)11-17-19(26(18)39-29)13-30(27(17)36)23-25(35)24(34)21(14-31)38-28(23)37/h7,9,11,21-25,28,31-35,37H,5-6,8,10,12-14H2,1-4H3/b16-9+/t21-,22+,23-,24-,25-,28?,29+/m1/s1. The van der Waals surface area contributed by atoms with Gasteiger partial charge in [0.1, 0.15) is 41.5 Å². The number of aliphatic hydroxyl groups excluding tert-OH is 5. The lowest BCUT2D eigenvalue weighted by molar-refractivity contribution is -0.268. The van der Waals surface area contributed by atoms with Gasteiger partial charge < -0.3 is 45.0 Å². The number of aliphatic hydroxyl groups is 5. The number of hydrogen-bond donors (Lipinski definition) is 6. The van der Waals surface area contributed by atoms with E-state index in [0.717, 1.165) is 12.8 Å². The second kappa shape index (κ2) is 11.6. The molecular formula is C29H41NO9. The number of amides is 1. The summed E-state index contributed by atoms with van der Waals surface area (Å²) in [6.07, 6.45) is 0.760. The Morgan fingerprint density at radius 3 is 2.49 bits per heavy atom. The van der Waals surface area contributed by atoms with Crippen molar-refractivity contribution >= 4 is 5.91 Å². The second-order valence-electron chi connectivity index (χ2n) is 11.4. The Labute approximate surface area is 228 Å². The zero-order valence-electron chi connectivity index (χ0n) is 23.0. The molecule has 7 atom stereocenters. The number of rotatable bonds is 8. The van der Waals surface area contributed by atoms with E-state index >= 15 is 0 Å². The van der Waals surface area contributed by atoms with Crippen molar-refractivity contribution in [2.24, 2.45) is 0 Å². The van der Waals surface area contributed by atoms with Gasteiger partial charge in [0.2, 0.25) is 0 Å². The number of fused-ring (bicyclic) bond motifs is 3. The third-order valence-electron chi connectivity index (χ3n) is 8.17. The van der Waals surface area contributed by atoms with Gasteiger partial charge >= 0.3 is 0 Å². The molecule has 3 aliphatic heterocycles. The minimum atomic E-state index is -1.65. The Morgan fingerprint density at radius 1 is 1.10 bits per heavy atom. The van der Waals surface area contributed by atoms with Crippen LogP contribution in [-0.4, -0.2) is 90.4 Å². The number of carbonyl (C=O) groups is 1. The number of aromatic hydroxyl groups is 1. The predicted octanol–water partition coefficient (Wildman–Crippen LogP) is 1.68. The highest BCUT2D eigenvalue weighted by atomic mass is 16.6. The SMILES string of the molecule is CC(C)=CCC/C(C)=C/CC[C@]1(C)Oc2c(c(O)cc3c2CN([C@H]2C(O)O[C@H](CO)[C@@H](O)[C@@H]2O)C3=O)C[C@@H]1O. The van der Waals surface area contributed by atoms with E-state index in [1.54, 1.807) is 0 Å². The van der Waals surface area contributed by atoms with E-state index in [2.05, 4.69) is 32.9 Å². The van der Waals surface area contributed by atoms with Crippen LogP contribution in [0.3, 0.4) is 0 Å². The molecule has 0 bridgehead atoms. The molecule has 1 saturated heterocycles. The number of carbonyl (C=O) groups excluding carboxylic acids is 1. The van der Waals surface area contributed by atoms with Crippen molar-refractivity contribution in [3.05, 3.63) is 46.1 Å². The average Bonchev–Trinajstić information content (AvgIpc) is 3.18. The number of ether oxygens (including phenoxy) is 2. The number of hydrogen-bond acceptors (Lipinski definition) is 9. The van der Waals surface area contributed by atoms with Gasteiger partial charge in [0.15, 0.2) is 6.29 Å². The zero-order chi connectivity index (χ0) is 28.6. The molecule has 6 N–H and O–H groups in total. The molecule has 1 unspecified atom stereocenters. The summed E-state index contributed by atoms with van der Waals surface area (Å²) in [5, 5.41) is 62.6. The topological polar surface area (TPSA) is 160 Å². The molecule has 3 aliphatic rings. The molecule has 3 heterocycles. The Kier molecular flexibility index (Phi) is 8.75. The molecule has 1 aromatic carbocycles. The normalized spacial score (nSPS) is 32.5. The van der Waals surface area contributed by atoms with Crippen molar-refractivity contribution in [1.82, 2.24) is 4.90 Å². The van der Waals surface area contributed by atoms with Gasteiger partial charge in [0.05, 0.1) is 24.8 Å². The van der Waals surface area contributed by atoms with Crippen LogP contribution in [0.15, 0.2) is 29.4 Å². The van der Waals surface area contributed by atoms with E-state index in [1.165, 1.54) is 22.1 Å². The average molecular weight is 548 g/mol. The summed E-state index contributed by atoms with van der Waals surface area (Å²) < 4.78 is 11.6. The maximum atomic E-state index is 13.4. The fraction of sp³-hybridized carbons (Fsp3) is 0.621. The minimum absolute atomic E-state index is 0.0645. The largest absolute Gasteiger partial charge is 0.508 e. The molecule has 0 spiro atoms. The van der Waals surface area contributed by atoms with Crippen molar-refractivity contribution in [2.75, 3.05) is 6.61 Å². The summed E-state index contributed by atoms with van der Waals surface area (Å²) in [6, 6.07) is 0.00365. The summed E-state index contributed by atoms with van der Waals surface area (Å²) in [4.78, 5) is 14.6. The quantitative estimate of drug-likeness (QED) is 0.266. The summed E-state index contributed by atoms with van der Waals surface area (Å²) >= 11 is 0. The Morgan fingerprint density at radius 2 is 1.82 bits per heavy atom. The molecular weight excluding hydrogens is 506 g/mol. The molecule has 0 aromatic heterocycles. The summed E-state index contributed by atoms with van der Waals surface area (Å²) in [5.41, 5.74) is 2.57. The molecule has 1 amide bonds. The number of phenols is 1. The highest BCUT2D eigenvalue weighted by Gasteiger charge is 2.51. The van der Waals surface area contributed by atoms with Gasteiger partial charge in [-0.3, -0.25) is 4.79 Å². The molecule has 1 fully saturated rings. The molecule has 0 saturated carbocycles. The smallest absolute Gasteiger partial charge is 0.255 e. The molecule has 10 heteroatoms. The van der Waals surface area contributed by atoms with E-state index in [1.807, 2.05) is 6.92 Å². The van der Waals surface area contributed by atoms with Gasteiger partial charge in [-0.15, -0.1) is 0 Å². The van der Waals surface area contributed by atoms with Crippen molar-refractivity contribution in [3.8, 4) is 11.5 Å². The van der Waals surface area contributed by atoms with Crippen molar-refractivity contribution in [1.29, 1.82) is 0 Å². The maximum absolute atomic E-state index is 13.4. The van der Waals surface area contributed by atoms with Gasteiger partial charge in [0, 0.05) is 17.5 Å². The first kappa shape index (κ1) is 29.5. The highest BCUT2D eigenvalue weighted by molar-refractivity contribution is 6.00. The molecule has 216 valence electrons. The number of benzene rings is 1. The van der Waals surface area contributed by atoms with Gasteiger partial charge in [-0.25, -0.2) is 0 Å². The van der Waals surface area contributed by atoms with E-state index in [0.29, 0.717) is 29.7 Å². The first-order valence-electron chi connectivity index (χ1n) is 13.5. The van der Waals surface area contributed by atoms with Crippen molar-refractivity contribution in [3.63, 3.8) is 0 Å². The Hall–Kier alpha value is -2.47. The monoisotopic (exact) mass is 547 g/mol. The van der Waals surface area contributed by atoms with Crippen LogP contribution in [-0.2, 0) is 17.7 Å². The number of phenolic OH excluding ortho intramolecular Hbond substituents is 1. The fourth-order valence-corrected chi connectivity index (χ4v) is 5.68. The summed E-state index contributed by atoms with van der Waals surface area (Å²) in [6.45, 7) is 7.36. The first-order chi connectivity index (χ1) is 18.4. The lowest BCUT2D eigenvalue weighted by Gasteiger charge is -2.44. The minimum Gasteiger partial charge on any atom is -0.508 e. The third kappa shape index (κ3) is 5.73. The van der Waals surface area contributed by atoms with Gasteiger partial charge in [0.25, 0.3) is 5.91 Å². The van der Waals surface area contributed by atoms with Crippen LogP contribution in [0, 0.1) is 0 Å². The summed E-state index contributed by atoms with van der Waals surface area (Å²) in [7, 11) is 0. The molecule has 1 aromatic rings.